The Hall–Kier alpha value is -4.60. The van der Waals surface area contributed by atoms with E-state index in [1.165, 1.54) is 31.5 Å². The number of aromatic nitrogens is 4. The number of nitrogens with one attached hydrogen (secondary N) is 2. The smallest absolute Gasteiger partial charge is 0.335 e. The van der Waals surface area contributed by atoms with Crippen LogP contribution in [0.4, 0.5) is 0 Å². The van der Waals surface area contributed by atoms with E-state index in [9.17, 15) is 14.4 Å². The highest BCUT2D eigenvalue weighted by Crippen LogP contribution is 2.12. The molecule has 4 aromatic rings. The average molecular weight is 445 g/mol. The van der Waals surface area contributed by atoms with Gasteiger partial charge in [0, 0.05) is 25.2 Å². The summed E-state index contributed by atoms with van der Waals surface area (Å²) in [6, 6.07) is 11.2. The van der Waals surface area contributed by atoms with Crippen LogP contribution in [0.25, 0.3) is 10.9 Å². The Morgan fingerprint density at radius 1 is 1.09 bits per heavy atom. The van der Waals surface area contributed by atoms with Gasteiger partial charge in [-0.25, -0.2) is 19.7 Å². The number of aromatic carboxylic acids is 1. The number of hydrogen-bond acceptors (Lipinski definition) is 7. The number of carbonyl (C=O) groups excluding carboxylic acids is 1. The van der Waals surface area contributed by atoms with Crippen LogP contribution in [-0.4, -0.2) is 44.0 Å². The number of fused-ring (bicyclic) bond motifs is 1. The Labute approximate surface area is 187 Å². The van der Waals surface area contributed by atoms with Crippen molar-refractivity contribution in [3.63, 3.8) is 0 Å². The number of carbonyl (C=O) groups is 2. The normalized spacial score (nSPS) is 10.7. The molecule has 0 fully saturated rings. The number of carboxylic acid groups (broad SMARTS) is 1. The molecule has 3 N–H and O–H groups in total. The van der Waals surface area contributed by atoms with Crippen LogP contribution in [0.3, 0.4) is 0 Å². The molecule has 0 radical (unpaired) electrons. The van der Waals surface area contributed by atoms with Crippen LogP contribution in [0, 0.1) is 0 Å². The number of hydrogen-bond donors (Lipinski definition) is 3. The highest BCUT2D eigenvalue weighted by Gasteiger charge is 2.12. The van der Waals surface area contributed by atoms with Gasteiger partial charge in [0.05, 0.1) is 29.8 Å². The zero-order valence-corrected chi connectivity index (χ0v) is 17.5. The fourth-order valence-electron chi connectivity index (χ4n) is 3.20. The summed E-state index contributed by atoms with van der Waals surface area (Å²) in [5.74, 6) is -0.599. The molecule has 0 bridgehead atoms. The highest BCUT2D eigenvalue weighted by molar-refractivity contribution is 5.95. The van der Waals surface area contributed by atoms with Crippen molar-refractivity contribution in [3.05, 3.63) is 93.4 Å². The van der Waals surface area contributed by atoms with Gasteiger partial charge in [0.2, 0.25) is 5.88 Å². The quantitative estimate of drug-likeness (QED) is 0.391. The van der Waals surface area contributed by atoms with E-state index in [4.69, 9.17) is 9.84 Å². The predicted octanol–water partition coefficient (Wildman–Crippen LogP) is 1.94. The van der Waals surface area contributed by atoms with E-state index < -0.39 is 17.4 Å². The van der Waals surface area contributed by atoms with Crippen molar-refractivity contribution in [2.75, 3.05) is 7.11 Å². The van der Waals surface area contributed by atoms with Crippen LogP contribution < -0.4 is 15.6 Å². The van der Waals surface area contributed by atoms with Gasteiger partial charge in [-0.2, -0.15) is 0 Å². The first-order valence-electron chi connectivity index (χ1n) is 9.91. The summed E-state index contributed by atoms with van der Waals surface area (Å²) >= 11 is 0. The monoisotopic (exact) mass is 445 g/mol. The Morgan fingerprint density at radius 2 is 1.88 bits per heavy atom. The summed E-state index contributed by atoms with van der Waals surface area (Å²) in [5, 5.41) is 12.0. The fraction of sp³-hybridized carbons (Fsp3) is 0.130. The molecule has 0 aliphatic rings. The summed E-state index contributed by atoms with van der Waals surface area (Å²) in [6.45, 7) is 0.242. The molecule has 4 rings (SSSR count). The van der Waals surface area contributed by atoms with E-state index in [0.29, 0.717) is 23.6 Å². The molecule has 0 unspecified atom stereocenters. The van der Waals surface area contributed by atoms with Gasteiger partial charge in [0.25, 0.3) is 11.5 Å². The third kappa shape index (κ3) is 5.01. The molecule has 0 saturated carbocycles. The van der Waals surface area contributed by atoms with E-state index in [1.807, 2.05) is 0 Å². The average Bonchev–Trinajstić information content (AvgIpc) is 2.83. The first-order valence-corrected chi connectivity index (χ1v) is 9.91. The van der Waals surface area contributed by atoms with Crippen molar-refractivity contribution in [2.24, 2.45) is 0 Å². The molecule has 0 atom stereocenters. The maximum Gasteiger partial charge on any atom is 0.335 e. The highest BCUT2D eigenvalue weighted by atomic mass is 16.5. The van der Waals surface area contributed by atoms with Crippen molar-refractivity contribution in [3.8, 4) is 5.88 Å². The zero-order valence-electron chi connectivity index (χ0n) is 17.5. The number of nitrogens with zero attached hydrogens (tertiary/aromatic N) is 3. The van der Waals surface area contributed by atoms with Gasteiger partial charge in [-0.1, -0.05) is 12.1 Å². The second-order valence-corrected chi connectivity index (χ2v) is 7.17. The van der Waals surface area contributed by atoms with E-state index in [1.54, 1.807) is 30.5 Å². The van der Waals surface area contributed by atoms with Crippen molar-refractivity contribution < 1.29 is 19.4 Å². The lowest BCUT2D eigenvalue weighted by Gasteiger charge is -2.07. The Kier molecular flexibility index (Phi) is 6.07. The first kappa shape index (κ1) is 21.6. The fourth-order valence-corrected chi connectivity index (χ4v) is 3.20. The number of methoxy groups -OCH3 is 1. The summed E-state index contributed by atoms with van der Waals surface area (Å²) < 4.78 is 5.06. The Bertz CT molecular complexity index is 1400. The molecule has 1 aromatic carbocycles. The van der Waals surface area contributed by atoms with E-state index in [0.717, 1.165) is 11.1 Å². The van der Waals surface area contributed by atoms with Crippen molar-refractivity contribution in [1.29, 1.82) is 0 Å². The number of H-pyrrole nitrogens is 1. The molecule has 10 nitrogen and oxygen atoms in total. The summed E-state index contributed by atoms with van der Waals surface area (Å²) in [6.07, 6.45) is 3.27. The number of benzene rings is 1. The number of pyridine rings is 2. The van der Waals surface area contributed by atoms with E-state index in [2.05, 4.69) is 25.3 Å². The second-order valence-electron chi connectivity index (χ2n) is 7.17. The molecule has 166 valence electrons. The number of carboxylic acids is 1. The third-order valence-corrected chi connectivity index (χ3v) is 4.91. The van der Waals surface area contributed by atoms with Gasteiger partial charge < -0.3 is 20.1 Å². The molecule has 0 aliphatic carbocycles. The number of amides is 1. The molecule has 33 heavy (non-hydrogen) atoms. The van der Waals surface area contributed by atoms with Gasteiger partial charge in [-0.05, 0) is 35.4 Å². The van der Waals surface area contributed by atoms with Crippen LogP contribution in [-0.2, 0) is 13.0 Å². The van der Waals surface area contributed by atoms with E-state index in [-0.39, 0.29) is 23.2 Å². The topological polar surface area (TPSA) is 147 Å². The first-order chi connectivity index (χ1) is 15.9. The number of rotatable bonds is 7. The van der Waals surface area contributed by atoms with Crippen LogP contribution in [0.5, 0.6) is 5.88 Å². The lowest BCUT2D eigenvalue weighted by molar-refractivity contribution is 0.0696. The van der Waals surface area contributed by atoms with Crippen molar-refractivity contribution in [1.82, 2.24) is 25.3 Å². The lowest BCUT2D eigenvalue weighted by atomic mass is 10.1. The van der Waals surface area contributed by atoms with Crippen LogP contribution in [0.1, 0.15) is 37.8 Å². The molecule has 3 aromatic heterocycles. The minimum absolute atomic E-state index is 0.0906. The Balaban J connectivity index is 1.50. The third-order valence-electron chi connectivity index (χ3n) is 4.91. The Morgan fingerprint density at radius 3 is 2.61 bits per heavy atom. The molecule has 0 aliphatic heterocycles. The van der Waals surface area contributed by atoms with Crippen molar-refractivity contribution >= 4 is 22.8 Å². The molecule has 10 heteroatoms. The largest absolute Gasteiger partial charge is 0.481 e. The standard InChI is InChI=1S/C23H19N5O5/c1-33-20-9-14(6-7-24-20)11-26-22(30)17-10-16-18(12-25-17)27-19(28-21(16)29)8-13-2-4-15(5-3-13)23(31)32/h2-7,9-10,12H,8,11H2,1H3,(H,26,30)(H,31,32)(H,27,28,29). The minimum Gasteiger partial charge on any atom is -0.481 e. The second kappa shape index (κ2) is 9.27. The summed E-state index contributed by atoms with van der Waals surface area (Å²) in [4.78, 5) is 51.4. The summed E-state index contributed by atoms with van der Waals surface area (Å²) in [5.41, 5.74) is 1.82. The number of ether oxygens (including phenoxy) is 1. The molecular weight excluding hydrogens is 426 g/mol. The summed E-state index contributed by atoms with van der Waals surface area (Å²) in [7, 11) is 1.51. The maximum absolute atomic E-state index is 12.6. The zero-order chi connectivity index (χ0) is 23.4. The minimum atomic E-state index is -1.01. The number of aromatic amines is 1. The SMILES string of the molecule is COc1cc(CNC(=O)c2cc3c(=O)[nH]c(Cc4ccc(C(=O)O)cc4)nc3cn2)ccn1. The van der Waals surface area contributed by atoms with Gasteiger partial charge in [-0.3, -0.25) is 9.59 Å². The van der Waals surface area contributed by atoms with Gasteiger partial charge >= 0.3 is 5.97 Å². The molecule has 0 spiro atoms. The predicted molar refractivity (Wildman–Crippen MR) is 118 cm³/mol. The van der Waals surface area contributed by atoms with Gasteiger partial charge in [0.15, 0.2) is 0 Å². The molecule has 0 saturated heterocycles. The lowest BCUT2D eigenvalue weighted by Crippen LogP contribution is -2.24. The van der Waals surface area contributed by atoms with Gasteiger partial charge in [0.1, 0.15) is 11.5 Å². The van der Waals surface area contributed by atoms with Gasteiger partial charge in [-0.15, -0.1) is 0 Å². The van der Waals surface area contributed by atoms with E-state index >= 15 is 0 Å². The maximum atomic E-state index is 12.6. The molecular formula is C23H19N5O5. The molecule has 1 amide bonds. The van der Waals surface area contributed by atoms with Crippen LogP contribution >= 0.6 is 0 Å². The molecule has 3 heterocycles. The van der Waals surface area contributed by atoms with Crippen LogP contribution in [0.2, 0.25) is 0 Å². The van der Waals surface area contributed by atoms with Crippen LogP contribution in [0.15, 0.2) is 59.7 Å². The van der Waals surface area contributed by atoms with Crippen molar-refractivity contribution in [2.45, 2.75) is 13.0 Å².